The molecule has 3 aromatic heterocycles. The van der Waals surface area contributed by atoms with Crippen LogP contribution in [0.4, 0.5) is 17.3 Å². The minimum absolute atomic E-state index is 0.0453. The van der Waals surface area contributed by atoms with E-state index >= 15 is 0 Å². The molecule has 0 radical (unpaired) electrons. The number of amides is 1. The van der Waals surface area contributed by atoms with E-state index in [1.807, 2.05) is 12.1 Å². The van der Waals surface area contributed by atoms with Gasteiger partial charge in [-0.05, 0) is 36.5 Å². The van der Waals surface area contributed by atoms with Gasteiger partial charge >= 0.3 is 0 Å². The van der Waals surface area contributed by atoms with Gasteiger partial charge in [0.15, 0.2) is 5.58 Å². The molecule has 0 saturated carbocycles. The first-order valence-electron chi connectivity index (χ1n) is 11.0. The van der Waals surface area contributed by atoms with Crippen LogP contribution in [0.5, 0.6) is 0 Å². The molecule has 3 aromatic rings. The molecule has 9 heteroatoms. The predicted molar refractivity (Wildman–Crippen MR) is 123 cm³/mol. The lowest BCUT2D eigenvalue weighted by Crippen LogP contribution is -2.46. The number of furan rings is 1. The van der Waals surface area contributed by atoms with E-state index in [0.717, 1.165) is 43.8 Å². The summed E-state index contributed by atoms with van der Waals surface area (Å²) in [5.74, 6) is 0.414. The zero-order valence-electron chi connectivity index (χ0n) is 18.1. The maximum Gasteiger partial charge on any atom is 0.263 e. The molecule has 5 rings (SSSR count). The fraction of sp³-hybridized carbons (Fsp3) is 0.435. The van der Waals surface area contributed by atoms with Crippen molar-refractivity contribution in [3.8, 4) is 0 Å². The summed E-state index contributed by atoms with van der Waals surface area (Å²) in [4.78, 5) is 24.1. The van der Waals surface area contributed by atoms with Gasteiger partial charge in [-0.1, -0.05) is 6.92 Å². The van der Waals surface area contributed by atoms with E-state index in [4.69, 9.17) is 20.6 Å². The van der Waals surface area contributed by atoms with Crippen molar-refractivity contribution in [1.82, 2.24) is 9.97 Å². The molecule has 2 aliphatic heterocycles. The van der Waals surface area contributed by atoms with E-state index in [-0.39, 0.29) is 29.3 Å². The van der Waals surface area contributed by atoms with Crippen molar-refractivity contribution >= 4 is 34.3 Å². The van der Waals surface area contributed by atoms with Gasteiger partial charge in [0.05, 0.1) is 24.2 Å². The number of nitrogens with one attached hydrogen (secondary N) is 1. The van der Waals surface area contributed by atoms with Crippen LogP contribution in [0.1, 0.15) is 41.6 Å². The van der Waals surface area contributed by atoms with Gasteiger partial charge < -0.3 is 30.8 Å². The summed E-state index contributed by atoms with van der Waals surface area (Å²) in [5, 5.41) is 2.96. The molecule has 1 amide bonds. The van der Waals surface area contributed by atoms with Crippen LogP contribution >= 0.6 is 0 Å². The van der Waals surface area contributed by atoms with Gasteiger partial charge in [-0.25, -0.2) is 0 Å². The van der Waals surface area contributed by atoms with E-state index in [9.17, 15) is 4.79 Å². The van der Waals surface area contributed by atoms with Gasteiger partial charge in [0, 0.05) is 44.0 Å². The number of hydrogen-bond acceptors (Lipinski definition) is 8. The van der Waals surface area contributed by atoms with Gasteiger partial charge in [-0.2, -0.15) is 0 Å². The summed E-state index contributed by atoms with van der Waals surface area (Å²) >= 11 is 0. The predicted octanol–water partition coefficient (Wildman–Crippen LogP) is 2.73. The Bertz CT molecular complexity index is 1130. The Labute approximate surface area is 186 Å². The van der Waals surface area contributed by atoms with Gasteiger partial charge in [-0.15, -0.1) is 0 Å². The Kier molecular flexibility index (Phi) is 5.44. The molecule has 0 spiro atoms. The Balaban J connectivity index is 1.43. The van der Waals surface area contributed by atoms with Crippen LogP contribution in [0.2, 0.25) is 0 Å². The molecule has 0 aromatic carbocycles. The van der Waals surface area contributed by atoms with Gasteiger partial charge in [0.2, 0.25) is 5.88 Å². The number of carbonyl (C=O) groups is 1. The second-order valence-electron chi connectivity index (χ2n) is 8.87. The number of piperidine rings is 1. The molecule has 168 valence electrons. The largest absolute Gasteiger partial charge is 0.438 e. The Morgan fingerprint density at radius 3 is 2.97 bits per heavy atom. The van der Waals surface area contributed by atoms with Crippen LogP contribution < -0.4 is 21.7 Å². The number of ether oxygens (including phenoxy) is 1. The van der Waals surface area contributed by atoms with Crippen LogP contribution in [0.25, 0.3) is 11.1 Å². The second kappa shape index (κ2) is 8.40. The van der Waals surface area contributed by atoms with Crippen molar-refractivity contribution in [3.63, 3.8) is 0 Å². The summed E-state index contributed by atoms with van der Waals surface area (Å²) in [6.07, 6.45) is 7.06. The zero-order chi connectivity index (χ0) is 22.2. The van der Waals surface area contributed by atoms with Gasteiger partial charge in [0.1, 0.15) is 11.1 Å². The average molecular weight is 437 g/mol. The van der Waals surface area contributed by atoms with Crippen molar-refractivity contribution in [2.24, 2.45) is 11.7 Å². The van der Waals surface area contributed by atoms with Crippen LogP contribution in [-0.4, -0.2) is 48.2 Å². The highest BCUT2D eigenvalue weighted by Crippen LogP contribution is 2.33. The third-order valence-electron chi connectivity index (χ3n) is 6.28. The summed E-state index contributed by atoms with van der Waals surface area (Å²) in [5.41, 5.74) is 16.0. The number of pyridine rings is 2. The lowest BCUT2D eigenvalue weighted by molar-refractivity contribution is 0.102. The van der Waals surface area contributed by atoms with Crippen LogP contribution in [0, 0.1) is 5.92 Å². The maximum absolute atomic E-state index is 13.2. The Hall–Kier alpha value is -3.17. The second-order valence-corrected chi connectivity index (χ2v) is 8.87. The molecule has 5 N–H and O–H groups in total. The van der Waals surface area contributed by atoms with E-state index < -0.39 is 0 Å². The maximum atomic E-state index is 13.2. The number of hydrogen-bond donors (Lipinski definition) is 3. The molecule has 0 bridgehead atoms. The molecule has 2 aliphatic rings. The molecule has 9 nitrogen and oxygen atoms in total. The van der Waals surface area contributed by atoms with E-state index in [0.29, 0.717) is 29.3 Å². The van der Waals surface area contributed by atoms with Crippen molar-refractivity contribution in [1.29, 1.82) is 0 Å². The van der Waals surface area contributed by atoms with Crippen LogP contribution in [0.15, 0.2) is 35.1 Å². The highest BCUT2D eigenvalue weighted by Gasteiger charge is 2.27. The number of nitrogen functional groups attached to an aromatic ring is 1. The summed E-state index contributed by atoms with van der Waals surface area (Å²) in [6, 6.07) is 3.89. The summed E-state index contributed by atoms with van der Waals surface area (Å²) in [6.45, 7) is 5.18. The number of rotatable bonds is 4. The minimum Gasteiger partial charge on any atom is -0.438 e. The summed E-state index contributed by atoms with van der Waals surface area (Å²) in [7, 11) is 0. The Morgan fingerprint density at radius 1 is 1.31 bits per heavy atom. The highest BCUT2D eigenvalue weighted by atomic mass is 16.5. The topological polar surface area (TPSA) is 133 Å². The molecule has 5 heterocycles. The highest BCUT2D eigenvalue weighted by molar-refractivity contribution is 6.15. The average Bonchev–Trinajstić information content (AvgIpc) is 3.40. The molecule has 1 unspecified atom stereocenters. The number of nitrogens with zero attached hydrogens (tertiary/aromatic N) is 3. The van der Waals surface area contributed by atoms with E-state index in [1.54, 1.807) is 18.6 Å². The third kappa shape index (κ3) is 3.89. The van der Waals surface area contributed by atoms with Crippen molar-refractivity contribution < 1.29 is 13.9 Å². The van der Waals surface area contributed by atoms with Gasteiger partial charge in [-0.3, -0.25) is 14.8 Å². The van der Waals surface area contributed by atoms with Crippen LogP contribution in [-0.2, 0) is 4.74 Å². The van der Waals surface area contributed by atoms with Crippen LogP contribution in [0.3, 0.4) is 0 Å². The number of nitrogens with two attached hydrogens (primary N) is 2. The molecule has 3 atom stereocenters. The van der Waals surface area contributed by atoms with Crippen molar-refractivity contribution in [2.75, 3.05) is 42.3 Å². The SMILES string of the molecule is C[C@H]1C[C@@H](N)CN(c2ccncc2NC(=O)c2c(N)oc3cc(C4CCOC4)cnc23)C1. The molecule has 2 saturated heterocycles. The monoisotopic (exact) mass is 436 g/mol. The smallest absolute Gasteiger partial charge is 0.263 e. The van der Waals surface area contributed by atoms with Gasteiger partial charge in [0.25, 0.3) is 5.91 Å². The van der Waals surface area contributed by atoms with E-state index in [2.05, 4.69) is 27.1 Å². The zero-order valence-corrected chi connectivity index (χ0v) is 18.1. The molecule has 2 fully saturated rings. The number of aromatic nitrogens is 2. The number of fused-ring (bicyclic) bond motifs is 1. The fourth-order valence-electron chi connectivity index (χ4n) is 4.79. The van der Waals surface area contributed by atoms with E-state index in [1.165, 1.54) is 0 Å². The number of anilines is 3. The lowest BCUT2D eigenvalue weighted by atomic mass is 9.96. The molecular formula is C23H28N6O3. The molecule has 32 heavy (non-hydrogen) atoms. The lowest BCUT2D eigenvalue weighted by Gasteiger charge is -2.37. The fourth-order valence-corrected chi connectivity index (χ4v) is 4.79. The first kappa shape index (κ1) is 20.7. The normalized spacial score (nSPS) is 23.6. The minimum atomic E-state index is -0.380. The molecule has 0 aliphatic carbocycles. The first-order valence-corrected chi connectivity index (χ1v) is 11.0. The first-order chi connectivity index (χ1) is 15.5. The van der Waals surface area contributed by atoms with Crippen molar-refractivity contribution in [3.05, 3.63) is 41.9 Å². The standard InChI is InChI=1S/C23H28N6O3/c1-13-6-16(24)11-29(10-13)18-2-4-26-9-17(18)28-23(30)20-21-19(32-22(20)25)7-15(8-27-21)14-3-5-31-12-14/h2,4,7-9,13-14,16H,3,5-6,10-12,24-25H2,1H3,(H,28,30)/t13-,14?,16+/m0/s1. The quantitative estimate of drug-likeness (QED) is 0.569. The third-order valence-corrected chi connectivity index (χ3v) is 6.28. The summed E-state index contributed by atoms with van der Waals surface area (Å²) < 4.78 is 11.2. The molecular weight excluding hydrogens is 408 g/mol. The Morgan fingerprint density at radius 2 is 2.19 bits per heavy atom. The van der Waals surface area contributed by atoms with Crippen molar-refractivity contribution in [2.45, 2.75) is 31.7 Å². The number of carbonyl (C=O) groups excluding carboxylic acids is 1.